The SMILES string of the molecule is CCC(C)N(CC)C(=O)c1cc(Cl)ccc1N. The Bertz CT molecular complexity index is 406. The average molecular weight is 255 g/mol. The van der Waals surface area contributed by atoms with Crippen molar-refractivity contribution in [2.75, 3.05) is 12.3 Å². The van der Waals surface area contributed by atoms with Crippen molar-refractivity contribution < 1.29 is 4.79 Å². The Morgan fingerprint density at radius 3 is 2.65 bits per heavy atom. The number of nitrogen functional groups attached to an aromatic ring is 1. The van der Waals surface area contributed by atoms with Crippen LogP contribution in [0.2, 0.25) is 5.02 Å². The molecule has 17 heavy (non-hydrogen) atoms. The van der Waals surface area contributed by atoms with Gasteiger partial charge >= 0.3 is 0 Å². The van der Waals surface area contributed by atoms with Crippen LogP contribution < -0.4 is 5.73 Å². The van der Waals surface area contributed by atoms with Gasteiger partial charge < -0.3 is 10.6 Å². The van der Waals surface area contributed by atoms with Crippen LogP contribution in [-0.2, 0) is 0 Å². The number of rotatable bonds is 4. The maximum Gasteiger partial charge on any atom is 0.256 e. The smallest absolute Gasteiger partial charge is 0.256 e. The second-order valence-corrected chi connectivity index (χ2v) is 4.52. The second kappa shape index (κ2) is 5.92. The van der Waals surface area contributed by atoms with Crippen LogP contribution in [0, 0.1) is 0 Å². The van der Waals surface area contributed by atoms with E-state index in [-0.39, 0.29) is 11.9 Å². The lowest BCUT2D eigenvalue weighted by molar-refractivity contribution is 0.0701. The molecule has 4 heteroatoms. The first-order valence-electron chi connectivity index (χ1n) is 5.87. The van der Waals surface area contributed by atoms with Crippen molar-refractivity contribution in [3.05, 3.63) is 28.8 Å². The normalized spacial score (nSPS) is 12.2. The van der Waals surface area contributed by atoms with Gasteiger partial charge in [0.15, 0.2) is 0 Å². The topological polar surface area (TPSA) is 46.3 Å². The molecule has 0 bridgehead atoms. The molecule has 1 amide bonds. The highest BCUT2D eigenvalue weighted by Crippen LogP contribution is 2.21. The number of carbonyl (C=O) groups is 1. The van der Waals surface area contributed by atoms with Gasteiger partial charge in [-0.15, -0.1) is 0 Å². The lowest BCUT2D eigenvalue weighted by Gasteiger charge is -2.27. The first-order valence-corrected chi connectivity index (χ1v) is 6.25. The molecule has 1 unspecified atom stereocenters. The summed E-state index contributed by atoms with van der Waals surface area (Å²) in [5, 5.41) is 0.530. The van der Waals surface area contributed by atoms with Gasteiger partial charge in [0.1, 0.15) is 0 Å². The molecule has 0 aliphatic carbocycles. The van der Waals surface area contributed by atoms with E-state index >= 15 is 0 Å². The van der Waals surface area contributed by atoms with Gasteiger partial charge in [-0.25, -0.2) is 0 Å². The Balaban J connectivity index is 3.05. The third-order valence-corrected chi connectivity index (χ3v) is 3.21. The quantitative estimate of drug-likeness (QED) is 0.839. The number of anilines is 1. The molecule has 2 N–H and O–H groups in total. The number of benzene rings is 1. The third kappa shape index (κ3) is 3.13. The van der Waals surface area contributed by atoms with Crippen LogP contribution in [0.1, 0.15) is 37.6 Å². The van der Waals surface area contributed by atoms with Crippen molar-refractivity contribution in [2.45, 2.75) is 33.2 Å². The van der Waals surface area contributed by atoms with Crippen LogP contribution in [-0.4, -0.2) is 23.4 Å². The molecule has 0 radical (unpaired) electrons. The van der Waals surface area contributed by atoms with Crippen molar-refractivity contribution >= 4 is 23.2 Å². The van der Waals surface area contributed by atoms with Crippen molar-refractivity contribution in [1.29, 1.82) is 0 Å². The minimum atomic E-state index is -0.0538. The van der Waals surface area contributed by atoms with E-state index in [1.54, 1.807) is 18.2 Å². The van der Waals surface area contributed by atoms with Crippen molar-refractivity contribution in [3.63, 3.8) is 0 Å². The van der Waals surface area contributed by atoms with E-state index in [1.807, 2.05) is 18.7 Å². The van der Waals surface area contributed by atoms with Crippen molar-refractivity contribution in [3.8, 4) is 0 Å². The third-order valence-electron chi connectivity index (χ3n) is 2.97. The maximum absolute atomic E-state index is 12.3. The number of halogens is 1. The highest BCUT2D eigenvalue weighted by molar-refractivity contribution is 6.31. The van der Waals surface area contributed by atoms with Crippen LogP contribution in [0.5, 0.6) is 0 Å². The molecule has 0 aromatic heterocycles. The summed E-state index contributed by atoms with van der Waals surface area (Å²) in [5.74, 6) is -0.0538. The van der Waals surface area contributed by atoms with E-state index in [0.717, 1.165) is 6.42 Å². The molecular formula is C13H19ClN2O. The molecule has 0 saturated heterocycles. The van der Waals surface area contributed by atoms with E-state index in [1.165, 1.54) is 0 Å². The predicted octanol–water partition coefficient (Wildman–Crippen LogP) is 3.18. The molecule has 0 fully saturated rings. The van der Waals surface area contributed by atoms with Crippen LogP contribution in [0.4, 0.5) is 5.69 Å². The summed E-state index contributed by atoms with van der Waals surface area (Å²) in [4.78, 5) is 14.1. The van der Waals surface area contributed by atoms with Gasteiger partial charge in [0.2, 0.25) is 0 Å². The summed E-state index contributed by atoms with van der Waals surface area (Å²) in [6.45, 7) is 6.72. The van der Waals surface area contributed by atoms with Gasteiger partial charge in [-0.2, -0.15) is 0 Å². The Morgan fingerprint density at radius 1 is 1.47 bits per heavy atom. The fourth-order valence-electron chi connectivity index (χ4n) is 1.74. The Morgan fingerprint density at radius 2 is 2.12 bits per heavy atom. The number of nitrogens with two attached hydrogens (primary N) is 1. The minimum absolute atomic E-state index is 0.0538. The van der Waals surface area contributed by atoms with Crippen LogP contribution >= 0.6 is 11.6 Å². The van der Waals surface area contributed by atoms with Gasteiger partial charge in [-0.3, -0.25) is 4.79 Å². The van der Waals surface area contributed by atoms with Gasteiger partial charge in [0.05, 0.1) is 5.56 Å². The van der Waals surface area contributed by atoms with E-state index in [2.05, 4.69) is 6.92 Å². The lowest BCUT2D eigenvalue weighted by Crippen LogP contribution is -2.38. The zero-order chi connectivity index (χ0) is 13.0. The van der Waals surface area contributed by atoms with Gasteiger partial charge in [-0.05, 0) is 38.5 Å². The highest BCUT2D eigenvalue weighted by Gasteiger charge is 2.20. The van der Waals surface area contributed by atoms with E-state index in [9.17, 15) is 4.79 Å². The summed E-state index contributed by atoms with van der Waals surface area (Å²) in [6.07, 6.45) is 0.917. The number of hydrogen-bond acceptors (Lipinski definition) is 2. The summed E-state index contributed by atoms with van der Waals surface area (Å²) >= 11 is 5.90. The molecule has 0 saturated carbocycles. The molecule has 1 rings (SSSR count). The standard InChI is InChI=1S/C13H19ClN2O/c1-4-9(3)16(5-2)13(17)11-8-10(14)6-7-12(11)15/h6-9H,4-5,15H2,1-3H3. The first-order chi connectivity index (χ1) is 8.01. The zero-order valence-corrected chi connectivity index (χ0v) is 11.3. The Labute approximate surface area is 108 Å². The molecule has 1 aromatic rings. The van der Waals surface area contributed by atoms with Crippen LogP contribution in [0.3, 0.4) is 0 Å². The van der Waals surface area contributed by atoms with Gasteiger partial charge in [0.25, 0.3) is 5.91 Å². The molecule has 0 heterocycles. The van der Waals surface area contributed by atoms with Gasteiger partial charge in [-0.1, -0.05) is 18.5 Å². The van der Waals surface area contributed by atoms with E-state index in [4.69, 9.17) is 17.3 Å². The van der Waals surface area contributed by atoms with Crippen LogP contribution in [0.15, 0.2) is 18.2 Å². The van der Waals surface area contributed by atoms with Gasteiger partial charge in [0, 0.05) is 23.3 Å². The molecule has 0 aliphatic heterocycles. The molecule has 1 atom stereocenters. The monoisotopic (exact) mass is 254 g/mol. The Kier molecular flexibility index (Phi) is 4.82. The molecule has 0 spiro atoms. The first kappa shape index (κ1) is 13.8. The lowest BCUT2D eigenvalue weighted by atomic mass is 10.1. The maximum atomic E-state index is 12.3. The predicted molar refractivity (Wildman–Crippen MR) is 72.3 cm³/mol. The van der Waals surface area contributed by atoms with E-state index in [0.29, 0.717) is 22.8 Å². The fraction of sp³-hybridized carbons (Fsp3) is 0.462. The molecule has 1 aromatic carbocycles. The Hall–Kier alpha value is -1.22. The van der Waals surface area contributed by atoms with Crippen LogP contribution in [0.25, 0.3) is 0 Å². The highest BCUT2D eigenvalue weighted by atomic mass is 35.5. The second-order valence-electron chi connectivity index (χ2n) is 4.08. The number of hydrogen-bond donors (Lipinski definition) is 1. The molecular weight excluding hydrogens is 236 g/mol. The zero-order valence-electron chi connectivity index (χ0n) is 10.5. The summed E-state index contributed by atoms with van der Waals surface area (Å²) in [6, 6.07) is 5.18. The van der Waals surface area contributed by atoms with Crippen molar-refractivity contribution in [2.24, 2.45) is 0 Å². The number of nitrogens with zero attached hydrogens (tertiary/aromatic N) is 1. The summed E-state index contributed by atoms with van der Waals surface area (Å²) < 4.78 is 0. The van der Waals surface area contributed by atoms with Crippen molar-refractivity contribution in [1.82, 2.24) is 4.90 Å². The summed E-state index contributed by atoms with van der Waals surface area (Å²) in [7, 11) is 0. The summed E-state index contributed by atoms with van der Waals surface area (Å²) in [5.41, 5.74) is 6.78. The number of amides is 1. The van der Waals surface area contributed by atoms with E-state index < -0.39 is 0 Å². The largest absolute Gasteiger partial charge is 0.398 e. The number of carbonyl (C=O) groups excluding carboxylic acids is 1. The molecule has 0 aliphatic rings. The fourth-order valence-corrected chi connectivity index (χ4v) is 1.92. The minimum Gasteiger partial charge on any atom is -0.398 e. The molecule has 94 valence electrons. The average Bonchev–Trinajstić information content (AvgIpc) is 2.32. The molecule has 3 nitrogen and oxygen atoms in total.